The Morgan fingerprint density at radius 1 is 0.810 bits per heavy atom. The number of benzene rings is 2. The van der Waals surface area contributed by atoms with E-state index < -0.39 is 0 Å². The van der Waals surface area contributed by atoms with Crippen molar-refractivity contribution in [2.75, 3.05) is 0 Å². The number of allylic oxidation sites excluding steroid dienone is 1. The molecule has 1 nitrogen and oxygen atoms in total. The molecule has 0 spiro atoms. The quantitative estimate of drug-likeness (QED) is 0.470. The normalized spacial score (nSPS) is 10.9. The van der Waals surface area contributed by atoms with Gasteiger partial charge < -0.3 is 0 Å². The van der Waals surface area contributed by atoms with Crippen LogP contribution in [0.2, 0.25) is 0 Å². The summed E-state index contributed by atoms with van der Waals surface area (Å²) in [6.07, 6.45) is 3.52. The summed E-state index contributed by atoms with van der Waals surface area (Å²) < 4.78 is 0. The molecule has 102 valence electrons. The number of ketones is 1. The van der Waals surface area contributed by atoms with E-state index in [4.69, 9.17) is 0 Å². The molecule has 1 aromatic heterocycles. The van der Waals surface area contributed by atoms with E-state index in [0.29, 0.717) is 5.56 Å². The molecular formula is C19H14OS. The first kappa shape index (κ1) is 13.5. The number of thiophene rings is 1. The molecule has 0 atom stereocenters. The number of carbonyl (C=O) groups excluding carboxylic acids is 1. The first-order valence-electron chi connectivity index (χ1n) is 6.76. The van der Waals surface area contributed by atoms with Crippen LogP contribution in [-0.2, 0) is 0 Å². The second kappa shape index (κ2) is 6.33. The third kappa shape index (κ3) is 3.36. The Balaban J connectivity index is 1.76. The molecule has 3 aromatic rings. The highest BCUT2D eigenvalue weighted by Crippen LogP contribution is 2.28. The summed E-state index contributed by atoms with van der Waals surface area (Å²) in [6.45, 7) is 0. The Kier molecular flexibility index (Phi) is 4.08. The van der Waals surface area contributed by atoms with Gasteiger partial charge >= 0.3 is 0 Å². The second-order valence-corrected chi connectivity index (χ2v) is 5.75. The highest BCUT2D eigenvalue weighted by molar-refractivity contribution is 7.16. The van der Waals surface area contributed by atoms with E-state index in [2.05, 4.69) is 18.2 Å². The van der Waals surface area contributed by atoms with Gasteiger partial charge in [0, 0.05) is 15.3 Å². The first-order chi connectivity index (χ1) is 10.3. The average molecular weight is 290 g/mol. The van der Waals surface area contributed by atoms with Crippen LogP contribution in [0, 0.1) is 0 Å². The van der Waals surface area contributed by atoms with E-state index in [0.717, 1.165) is 4.88 Å². The summed E-state index contributed by atoms with van der Waals surface area (Å²) in [4.78, 5) is 14.3. The van der Waals surface area contributed by atoms with Crippen molar-refractivity contribution in [1.82, 2.24) is 0 Å². The van der Waals surface area contributed by atoms with Crippen molar-refractivity contribution >= 4 is 23.2 Å². The molecule has 0 aliphatic rings. The maximum Gasteiger partial charge on any atom is 0.185 e. The molecule has 0 saturated heterocycles. The van der Waals surface area contributed by atoms with Crippen LogP contribution in [0.25, 0.3) is 16.5 Å². The van der Waals surface area contributed by atoms with Crippen molar-refractivity contribution in [2.24, 2.45) is 0 Å². The van der Waals surface area contributed by atoms with Gasteiger partial charge in [-0.2, -0.15) is 0 Å². The molecular weight excluding hydrogens is 276 g/mol. The molecule has 0 N–H and O–H groups in total. The topological polar surface area (TPSA) is 17.1 Å². The lowest BCUT2D eigenvalue weighted by Crippen LogP contribution is -1.92. The molecule has 0 fully saturated rings. The molecule has 21 heavy (non-hydrogen) atoms. The van der Waals surface area contributed by atoms with Gasteiger partial charge in [-0.3, -0.25) is 4.79 Å². The Morgan fingerprint density at radius 2 is 1.48 bits per heavy atom. The first-order valence-corrected chi connectivity index (χ1v) is 7.57. The van der Waals surface area contributed by atoms with Gasteiger partial charge in [-0.1, -0.05) is 60.7 Å². The van der Waals surface area contributed by atoms with Gasteiger partial charge in [-0.05, 0) is 29.8 Å². The van der Waals surface area contributed by atoms with Gasteiger partial charge in [0.25, 0.3) is 0 Å². The fourth-order valence-corrected chi connectivity index (χ4v) is 2.97. The smallest absolute Gasteiger partial charge is 0.185 e. The minimum absolute atomic E-state index is 0.0326. The highest BCUT2D eigenvalue weighted by atomic mass is 32.1. The molecule has 1 heterocycles. The predicted octanol–water partition coefficient (Wildman–Crippen LogP) is 5.31. The van der Waals surface area contributed by atoms with Gasteiger partial charge in [0.05, 0.1) is 0 Å². The van der Waals surface area contributed by atoms with Crippen molar-refractivity contribution in [3.63, 3.8) is 0 Å². The van der Waals surface area contributed by atoms with Gasteiger partial charge in [0.15, 0.2) is 5.78 Å². The molecule has 0 bridgehead atoms. The summed E-state index contributed by atoms with van der Waals surface area (Å²) in [6, 6.07) is 23.7. The van der Waals surface area contributed by atoms with E-state index >= 15 is 0 Å². The monoisotopic (exact) mass is 290 g/mol. The largest absolute Gasteiger partial charge is 0.289 e. The van der Waals surface area contributed by atoms with E-state index in [-0.39, 0.29) is 5.78 Å². The van der Waals surface area contributed by atoms with Crippen LogP contribution in [-0.4, -0.2) is 5.78 Å². The van der Waals surface area contributed by atoms with Gasteiger partial charge in [0.1, 0.15) is 0 Å². The zero-order valence-corrected chi connectivity index (χ0v) is 12.2. The van der Waals surface area contributed by atoms with Crippen molar-refractivity contribution in [2.45, 2.75) is 0 Å². The molecule has 2 aromatic carbocycles. The fraction of sp³-hybridized carbons (Fsp3) is 0. The lowest BCUT2D eigenvalue weighted by Gasteiger charge is -1.94. The third-order valence-electron chi connectivity index (χ3n) is 3.14. The van der Waals surface area contributed by atoms with Gasteiger partial charge in [0.2, 0.25) is 0 Å². The zero-order valence-electron chi connectivity index (χ0n) is 11.4. The van der Waals surface area contributed by atoms with E-state index in [1.54, 1.807) is 17.4 Å². The van der Waals surface area contributed by atoms with Gasteiger partial charge in [-0.25, -0.2) is 0 Å². The Labute approximate surface area is 128 Å². The molecule has 3 rings (SSSR count). The molecule has 0 aliphatic carbocycles. The average Bonchev–Trinajstić information content (AvgIpc) is 3.03. The molecule has 0 aliphatic heterocycles. The van der Waals surface area contributed by atoms with Gasteiger partial charge in [-0.15, -0.1) is 11.3 Å². The van der Waals surface area contributed by atoms with Crippen LogP contribution in [0.3, 0.4) is 0 Å². The number of carbonyl (C=O) groups is 1. The maximum absolute atomic E-state index is 12.0. The van der Waals surface area contributed by atoms with Crippen LogP contribution in [0.4, 0.5) is 0 Å². The minimum Gasteiger partial charge on any atom is -0.289 e. The van der Waals surface area contributed by atoms with Crippen molar-refractivity contribution < 1.29 is 4.79 Å². The summed E-state index contributed by atoms with van der Waals surface area (Å²) in [5.74, 6) is 0.0326. The summed E-state index contributed by atoms with van der Waals surface area (Å²) in [7, 11) is 0. The van der Waals surface area contributed by atoms with Crippen LogP contribution >= 0.6 is 11.3 Å². The third-order valence-corrected chi connectivity index (χ3v) is 4.24. The lowest BCUT2D eigenvalue weighted by atomic mass is 10.1. The number of rotatable bonds is 4. The van der Waals surface area contributed by atoms with Crippen LogP contribution in [0.15, 0.2) is 78.9 Å². The van der Waals surface area contributed by atoms with E-state index in [9.17, 15) is 4.79 Å². The summed E-state index contributed by atoms with van der Waals surface area (Å²) in [5.41, 5.74) is 1.92. The second-order valence-electron chi connectivity index (χ2n) is 4.63. The van der Waals surface area contributed by atoms with Crippen LogP contribution in [0.1, 0.15) is 15.2 Å². The molecule has 2 heteroatoms. The fourth-order valence-electron chi connectivity index (χ4n) is 2.06. The minimum atomic E-state index is 0.0326. The summed E-state index contributed by atoms with van der Waals surface area (Å²) >= 11 is 1.68. The summed E-state index contributed by atoms with van der Waals surface area (Å²) in [5, 5.41) is 0. The Hall–Kier alpha value is -2.45. The molecule has 0 saturated carbocycles. The molecule has 0 unspecified atom stereocenters. The Morgan fingerprint density at radius 3 is 2.19 bits per heavy atom. The van der Waals surface area contributed by atoms with Crippen molar-refractivity contribution in [1.29, 1.82) is 0 Å². The molecule has 0 radical (unpaired) electrons. The van der Waals surface area contributed by atoms with Crippen molar-refractivity contribution in [3.8, 4) is 10.4 Å². The number of hydrogen-bond donors (Lipinski definition) is 0. The Bertz CT molecular complexity index is 755. The SMILES string of the molecule is O=C(/C=C/c1ccc(-c2ccccc2)s1)c1ccccc1. The zero-order chi connectivity index (χ0) is 14.5. The highest BCUT2D eigenvalue weighted by Gasteiger charge is 2.02. The van der Waals surface area contributed by atoms with E-state index in [1.807, 2.05) is 60.7 Å². The lowest BCUT2D eigenvalue weighted by molar-refractivity contribution is 0.104. The standard InChI is InChI=1S/C19H14OS/c20-18(15-7-3-1-4-8-15)13-11-17-12-14-19(21-17)16-9-5-2-6-10-16/h1-14H/b13-11+. The maximum atomic E-state index is 12.0. The molecule has 0 amide bonds. The van der Waals surface area contributed by atoms with Crippen LogP contribution < -0.4 is 0 Å². The van der Waals surface area contributed by atoms with Crippen molar-refractivity contribution in [3.05, 3.63) is 89.3 Å². The van der Waals surface area contributed by atoms with Crippen LogP contribution in [0.5, 0.6) is 0 Å². The van der Waals surface area contributed by atoms with E-state index in [1.165, 1.54) is 10.4 Å². The predicted molar refractivity (Wildman–Crippen MR) is 89.6 cm³/mol. The number of hydrogen-bond acceptors (Lipinski definition) is 2.